The van der Waals surface area contributed by atoms with Gasteiger partial charge in [-0.25, -0.2) is 0 Å². The summed E-state index contributed by atoms with van der Waals surface area (Å²) in [4.78, 5) is 0. The predicted octanol–water partition coefficient (Wildman–Crippen LogP) is 1.04. The van der Waals surface area contributed by atoms with Gasteiger partial charge >= 0.3 is 0 Å². The zero-order valence-corrected chi connectivity index (χ0v) is 7.87. The van der Waals surface area contributed by atoms with E-state index in [9.17, 15) is 0 Å². The van der Waals surface area contributed by atoms with Crippen LogP contribution in [0.5, 0.6) is 5.75 Å². The molecule has 72 valence electrons. The van der Waals surface area contributed by atoms with Crippen molar-refractivity contribution in [3.8, 4) is 5.75 Å². The van der Waals surface area contributed by atoms with Crippen LogP contribution >= 0.6 is 11.6 Å². The Morgan fingerprint density at radius 2 is 2.00 bits per heavy atom. The number of halogens is 1. The third-order valence-corrected chi connectivity index (χ3v) is 1.78. The average molecular weight is 202 g/mol. The molecule has 0 spiro atoms. The third kappa shape index (κ3) is 3.63. The van der Waals surface area contributed by atoms with Gasteiger partial charge in [-0.05, 0) is 24.3 Å². The van der Waals surface area contributed by atoms with E-state index < -0.39 is 6.10 Å². The fourth-order valence-electron chi connectivity index (χ4n) is 0.791. The van der Waals surface area contributed by atoms with E-state index in [2.05, 4.69) is 0 Å². The Bertz CT molecular complexity index is 250. The van der Waals surface area contributed by atoms with Crippen LogP contribution in [-0.4, -0.2) is 24.4 Å². The molecule has 0 bridgehead atoms. The quantitative estimate of drug-likeness (QED) is 0.766. The zero-order valence-electron chi connectivity index (χ0n) is 7.11. The summed E-state index contributed by atoms with van der Waals surface area (Å²) in [6, 6.07) is 6.94. The van der Waals surface area contributed by atoms with E-state index in [-0.39, 0.29) is 13.2 Å². The summed E-state index contributed by atoms with van der Waals surface area (Å²) in [7, 11) is 0. The van der Waals surface area contributed by atoms with E-state index in [1.165, 1.54) is 0 Å². The second-order valence-electron chi connectivity index (χ2n) is 2.65. The van der Waals surface area contributed by atoms with Crippen molar-refractivity contribution in [1.29, 1.82) is 0 Å². The Morgan fingerprint density at radius 3 is 2.54 bits per heavy atom. The molecular formula is C9H12ClNO2. The molecule has 0 amide bonds. The van der Waals surface area contributed by atoms with Crippen LogP contribution < -0.4 is 10.5 Å². The fourth-order valence-corrected chi connectivity index (χ4v) is 0.917. The van der Waals surface area contributed by atoms with Crippen molar-refractivity contribution >= 4 is 11.6 Å². The Labute approximate surface area is 82.1 Å². The second kappa shape index (κ2) is 5.07. The minimum Gasteiger partial charge on any atom is -0.491 e. The molecule has 0 saturated carbocycles. The highest BCUT2D eigenvalue weighted by Gasteiger charge is 2.01. The highest BCUT2D eigenvalue weighted by Crippen LogP contribution is 2.15. The normalized spacial score (nSPS) is 12.5. The van der Waals surface area contributed by atoms with Gasteiger partial charge in [-0.15, -0.1) is 0 Å². The van der Waals surface area contributed by atoms with E-state index in [1.54, 1.807) is 24.3 Å². The lowest BCUT2D eigenvalue weighted by molar-refractivity contribution is 0.114. The Hall–Kier alpha value is -0.770. The highest BCUT2D eigenvalue weighted by molar-refractivity contribution is 6.30. The number of hydrogen-bond acceptors (Lipinski definition) is 3. The predicted molar refractivity (Wildman–Crippen MR) is 52.0 cm³/mol. The van der Waals surface area contributed by atoms with E-state index in [0.29, 0.717) is 10.8 Å². The zero-order chi connectivity index (χ0) is 9.68. The van der Waals surface area contributed by atoms with Crippen molar-refractivity contribution in [1.82, 2.24) is 0 Å². The van der Waals surface area contributed by atoms with Crippen molar-refractivity contribution in [2.75, 3.05) is 13.2 Å². The van der Waals surface area contributed by atoms with Gasteiger partial charge < -0.3 is 15.6 Å². The van der Waals surface area contributed by atoms with E-state index in [0.717, 1.165) is 0 Å². The molecule has 0 fully saturated rings. The van der Waals surface area contributed by atoms with E-state index in [4.69, 9.17) is 27.2 Å². The summed E-state index contributed by atoms with van der Waals surface area (Å²) in [6.45, 7) is 0.408. The molecule has 0 heterocycles. The lowest BCUT2D eigenvalue weighted by Gasteiger charge is -2.09. The van der Waals surface area contributed by atoms with Crippen molar-refractivity contribution in [2.45, 2.75) is 6.10 Å². The molecule has 1 aromatic carbocycles. The summed E-state index contributed by atoms with van der Waals surface area (Å²) < 4.78 is 5.23. The van der Waals surface area contributed by atoms with Crippen molar-refractivity contribution in [3.05, 3.63) is 29.3 Å². The number of hydrogen-bond donors (Lipinski definition) is 2. The van der Waals surface area contributed by atoms with E-state index in [1.807, 2.05) is 0 Å². The molecule has 1 unspecified atom stereocenters. The molecular weight excluding hydrogens is 190 g/mol. The van der Waals surface area contributed by atoms with Gasteiger partial charge in [0, 0.05) is 11.6 Å². The smallest absolute Gasteiger partial charge is 0.119 e. The summed E-state index contributed by atoms with van der Waals surface area (Å²) in [5.74, 6) is 0.678. The molecule has 0 aliphatic rings. The molecule has 13 heavy (non-hydrogen) atoms. The summed E-state index contributed by atoms with van der Waals surface area (Å²) in [5, 5.41) is 9.76. The van der Waals surface area contributed by atoms with Crippen LogP contribution in [0, 0.1) is 0 Å². The molecule has 0 aliphatic heterocycles. The first-order valence-electron chi connectivity index (χ1n) is 3.99. The molecule has 4 heteroatoms. The van der Waals surface area contributed by atoms with Crippen molar-refractivity contribution < 1.29 is 9.84 Å². The molecule has 3 N–H and O–H groups in total. The lowest BCUT2D eigenvalue weighted by atomic mass is 10.3. The van der Waals surface area contributed by atoms with Gasteiger partial charge in [-0.3, -0.25) is 0 Å². The summed E-state index contributed by atoms with van der Waals surface area (Å²) in [5.41, 5.74) is 5.21. The SMILES string of the molecule is NCC(O)COc1ccc(Cl)cc1. The van der Waals surface area contributed by atoms with Gasteiger partial charge in [0.2, 0.25) is 0 Å². The Morgan fingerprint density at radius 1 is 1.38 bits per heavy atom. The Kier molecular flexibility index (Phi) is 4.02. The molecule has 3 nitrogen and oxygen atoms in total. The van der Waals surface area contributed by atoms with Gasteiger partial charge in [-0.1, -0.05) is 11.6 Å². The fraction of sp³-hybridized carbons (Fsp3) is 0.333. The van der Waals surface area contributed by atoms with Crippen molar-refractivity contribution in [2.24, 2.45) is 5.73 Å². The van der Waals surface area contributed by atoms with Gasteiger partial charge in [0.15, 0.2) is 0 Å². The molecule has 0 aliphatic carbocycles. The maximum Gasteiger partial charge on any atom is 0.119 e. The second-order valence-corrected chi connectivity index (χ2v) is 3.09. The first-order chi connectivity index (χ1) is 6.22. The first kappa shape index (κ1) is 10.3. The van der Waals surface area contributed by atoms with Gasteiger partial charge in [-0.2, -0.15) is 0 Å². The van der Waals surface area contributed by atoms with Crippen LogP contribution in [0.3, 0.4) is 0 Å². The monoisotopic (exact) mass is 201 g/mol. The maximum absolute atomic E-state index is 9.10. The van der Waals surface area contributed by atoms with Crippen LogP contribution in [0.15, 0.2) is 24.3 Å². The Balaban J connectivity index is 2.41. The number of benzene rings is 1. The largest absolute Gasteiger partial charge is 0.491 e. The maximum atomic E-state index is 9.10. The standard InChI is InChI=1S/C9H12ClNO2/c10-7-1-3-9(4-2-7)13-6-8(12)5-11/h1-4,8,12H,5-6,11H2. The third-order valence-electron chi connectivity index (χ3n) is 1.53. The molecule has 1 atom stereocenters. The lowest BCUT2D eigenvalue weighted by Crippen LogP contribution is -2.26. The number of ether oxygens (including phenoxy) is 1. The summed E-state index contributed by atoms with van der Waals surface area (Å²) in [6.07, 6.45) is -0.615. The summed E-state index contributed by atoms with van der Waals surface area (Å²) >= 11 is 5.68. The van der Waals surface area contributed by atoms with Gasteiger partial charge in [0.05, 0.1) is 0 Å². The highest BCUT2D eigenvalue weighted by atomic mass is 35.5. The molecule has 1 rings (SSSR count). The topological polar surface area (TPSA) is 55.5 Å². The number of rotatable bonds is 4. The molecule has 0 saturated heterocycles. The molecule has 1 aromatic rings. The van der Waals surface area contributed by atoms with Gasteiger partial charge in [0.25, 0.3) is 0 Å². The number of aliphatic hydroxyl groups is 1. The molecule has 0 aromatic heterocycles. The van der Waals surface area contributed by atoms with Crippen LogP contribution in [0.25, 0.3) is 0 Å². The minimum atomic E-state index is -0.615. The van der Waals surface area contributed by atoms with Crippen LogP contribution in [0.2, 0.25) is 5.02 Å². The number of aliphatic hydroxyl groups excluding tert-OH is 1. The van der Waals surface area contributed by atoms with Crippen LogP contribution in [0.4, 0.5) is 0 Å². The van der Waals surface area contributed by atoms with Crippen molar-refractivity contribution in [3.63, 3.8) is 0 Å². The van der Waals surface area contributed by atoms with Crippen LogP contribution in [0.1, 0.15) is 0 Å². The molecule has 0 radical (unpaired) electrons. The van der Waals surface area contributed by atoms with E-state index >= 15 is 0 Å². The van der Waals surface area contributed by atoms with Crippen LogP contribution in [-0.2, 0) is 0 Å². The average Bonchev–Trinajstić information content (AvgIpc) is 2.16. The number of nitrogens with two attached hydrogens (primary N) is 1. The van der Waals surface area contributed by atoms with Gasteiger partial charge in [0.1, 0.15) is 18.5 Å². The minimum absolute atomic E-state index is 0.202. The first-order valence-corrected chi connectivity index (χ1v) is 4.36.